The molecule has 0 aliphatic heterocycles. The van der Waals surface area contributed by atoms with Gasteiger partial charge in [-0.05, 0) is 102 Å². The quantitative estimate of drug-likeness (QED) is 0.185. The molecule has 8 saturated carbocycles. The fourth-order valence-electron chi connectivity index (χ4n) is 9.19. The molecule has 2 unspecified atom stereocenters. The third-order valence-corrected chi connectivity index (χ3v) is 9.65. The Hall–Kier alpha value is -2.76. The van der Waals surface area contributed by atoms with E-state index >= 15 is 0 Å². The van der Waals surface area contributed by atoms with E-state index in [0.717, 1.165) is 57.8 Å². The summed E-state index contributed by atoms with van der Waals surface area (Å²) in [4.78, 5) is 43.5. The lowest BCUT2D eigenvalue weighted by Crippen LogP contribution is -2.60. The maximum absolute atomic E-state index is 11.9. The molecular weight excluding hydrogens is 572 g/mol. The molecule has 11 nitrogen and oxygen atoms in total. The van der Waals surface area contributed by atoms with Gasteiger partial charge in [0.1, 0.15) is 5.60 Å². The Bertz CT molecular complexity index is 1110. The van der Waals surface area contributed by atoms with Gasteiger partial charge in [-0.2, -0.15) is 0 Å². The van der Waals surface area contributed by atoms with Crippen LogP contribution in [0.15, 0.2) is 24.3 Å². The number of ether oxygens (including phenoxy) is 3. The second-order valence-corrected chi connectivity index (χ2v) is 14.4. The van der Waals surface area contributed by atoms with Gasteiger partial charge in [-0.15, -0.1) is 0 Å². The van der Waals surface area contributed by atoms with Crippen LogP contribution in [0.2, 0.25) is 0 Å². The minimum Gasteiger partial charge on any atom is -0.479 e. The third kappa shape index (κ3) is 8.91. The average Bonchev–Trinajstić information content (AvgIpc) is 2.82. The van der Waals surface area contributed by atoms with Crippen molar-refractivity contribution in [3.05, 3.63) is 24.3 Å². The molecule has 0 amide bonds. The normalized spacial score (nSPS) is 38.0. The first-order valence-electron chi connectivity index (χ1n) is 15.2. The van der Waals surface area contributed by atoms with E-state index in [1.165, 1.54) is 20.3 Å². The molecule has 11 heteroatoms. The van der Waals surface area contributed by atoms with E-state index in [4.69, 9.17) is 14.6 Å². The zero-order valence-electron chi connectivity index (χ0n) is 25.3. The van der Waals surface area contributed by atoms with Gasteiger partial charge in [0.25, 0.3) is 0 Å². The van der Waals surface area contributed by atoms with Crippen LogP contribution in [0.1, 0.15) is 98.3 Å². The molecule has 8 aliphatic carbocycles. The molecule has 0 aromatic heterocycles. The van der Waals surface area contributed by atoms with Crippen molar-refractivity contribution in [2.24, 2.45) is 23.7 Å². The predicted octanol–water partition coefficient (Wildman–Crippen LogP) is 3.62. The molecule has 4 N–H and O–H groups in total. The van der Waals surface area contributed by atoms with Crippen molar-refractivity contribution in [2.75, 3.05) is 13.2 Å². The Kier molecular flexibility index (Phi) is 10.8. The van der Waals surface area contributed by atoms with Crippen LogP contribution in [-0.4, -0.2) is 79.9 Å². The zero-order chi connectivity index (χ0) is 31.8. The Balaban J connectivity index is 0.000000196. The van der Waals surface area contributed by atoms with Crippen molar-refractivity contribution in [1.82, 2.24) is 0 Å². The van der Waals surface area contributed by atoms with Gasteiger partial charge in [0.05, 0.1) is 16.8 Å². The standard InChI is InChI=1S/C16H22O5.C10H16O2.C6H8O4.CH4/c1-10(2)14(18)20-8-13(17)21-16-6-11-3-12(7-16)5-15(19,4-11)9-16;11-9-2-7-1-8(4-9)5-10(12,3-7)6-9;1-4(2)6(9)10-3-5(7)8;/h11-12,19H,1,3-9H2,2H3;7-8,11-12H,1-6H2;1,3H2,2H3,(H,7,8);1H4. The SMILES string of the molecule is C.C=C(C)C(=O)OCC(=O)O.C=C(C)C(=O)OCC(=O)OC12CC3CC(CC(O)(C3)C1)C2.OC12CC3CC(C1)CC(O)(C3)C2. The van der Waals surface area contributed by atoms with E-state index in [0.29, 0.717) is 36.5 Å². The molecule has 8 aliphatic rings. The van der Waals surface area contributed by atoms with Crippen molar-refractivity contribution in [2.45, 2.75) is 121 Å². The Morgan fingerprint density at radius 2 is 1.02 bits per heavy atom. The lowest BCUT2D eigenvalue weighted by atomic mass is 9.52. The number of carbonyl (C=O) groups excluding carboxylic acids is 3. The number of aliphatic carboxylic acids is 1. The molecule has 0 spiro atoms. The number of carboxylic acid groups (broad SMARTS) is 1. The number of rotatable bonds is 7. The van der Waals surface area contributed by atoms with E-state index in [-0.39, 0.29) is 25.2 Å². The van der Waals surface area contributed by atoms with Gasteiger partial charge in [0.2, 0.25) is 0 Å². The van der Waals surface area contributed by atoms with Crippen molar-refractivity contribution in [3.8, 4) is 0 Å². The van der Waals surface area contributed by atoms with Gasteiger partial charge >= 0.3 is 23.9 Å². The van der Waals surface area contributed by atoms with Crippen LogP contribution < -0.4 is 0 Å². The topological polar surface area (TPSA) is 177 Å². The summed E-state index contributed by atoms with van der Waals surface area (Å²) >= 11 is 0. The maximum Gasteiger partial charge on any atom is 0.344 e. The van der Waals surface area contributed by atoms with Crippen LogP contribution in [0.3, 0.4) is 0 Å². The molecule has 0 heterocycles. The summed E-state index contributed by atoms with van der Waals surface area (Å²) in [6.07, 6.45) is 10.7. The van der Waals surface area contributed by atoms with Gasteiger partial charge in [-0.3, -0.25) is 0 Å². The molecule has 8 rings (SSSR count). The number of hydrogen-bond donors (Lipinski definition) is 4. The van der Waals surface area contributed by atoms with Crippen LogP contribution >= 0.6 is 0 Å². The molecule has 0 radical (unpaired) electrons. The summed E-state index contributed by atoms with van der Waals surface area (Å²) in [6, 6.07) is 0. The van der Waals surface area contributed by atoms with Crippen LogP contribution in [0.4, 0.5) is 0 Å². The average molecular weight is 623 g/mol. The smallest absolute Gasteiger partial charge is 0.344 e. The van der Waals surface area contributed by atoms with Crippen molar-refractivity contribution >= 4 is 23.9 Å². The summed E-state index contributed by atoms with van der Waals surface area (Å²) < 4.78 is 14.7. The van der Waals surface area contributed by atoms with E-state index in [9.17, 15) is 34.5 Å². The predicted molar refractivity (Wildman–Crippen MR) is 159 cm³/mol. The van der Waals surface area contributed by atoms with Gasteiger partial charge < -0.3 is 34.6 Å². The maximum atomic E-state index is 11.9. The molecule has 0 saturated heterocycles. The van der Waals surface area contributed by atoms with Crippen LogP contribution in [0, 0.1) is 23.7 Å². The number of carboxylic acids is 1. The summed E-state index contributed by atoms with van der Waals surface area (Å²) in [5, 5.41) is 38.8. The molecule has 8 fully saturated rings. The minimum atomic E-state index is -1.17. The first-order chi connectivity index (χ1) is 19.9. The van der Waals surface area contributed by atoms with Crippen molar-refractivity contribution in [1.29, 1.82) is 0 Å². The first-order valence-corrected chi connectivity index (χ1v) is 15.2. The molecule has 44 heavy (non-hydrogen) atoms. The highest BCUT2D eigenvalue weighted by atomic mass is 16.6. The number of aliphatic hydroxyl groups is 3. The van der Waals surface area contributed by atoms with Gasteiger partial charge in [0, 0.05) is 24.0 Å². The monoisotopic (exact) mass is 622 g/mol. The van der Waals surface area contributed by atoms with Crippen LogP contribution in [0.25, 0.3) is 0 Å². The number of esters is 3. The lowest BCUT2D eigenvalue weighted by Gasteiger charge is -2.59. The second kappa shape index (κ2) is 13.3. The summed E-state index contributed by atoms with van der Waals surface area (Å²) in [5.41, 5.74) is -1.74. The zero-order valence-corrected chi connectivity index (χ0v) is 25.3. The molecule has 8 bridgehead atoms. The summed E-state index contributed by atoms with van der Waals surface area (Å²) in [7, 11) is 0. The third-order valence-electron chi connectivity index (χ3n) is 9.65. The lowest BCUT2D eigenvalue weighted by molar-refractivity contribution is -0.222. The highest BCUT2D eigenvalue weighted by molar-refractivity contribution is 5.89. The fourth-order valence-corrected chi connectivity index (χ4v) is 9.19. The van der Waals surface area contributed by atoms with Gasteiger partial charge in [0.15, 0.2) is 13.2 Å². The highest BCUT2D eigenvalue weighted by Gasteiger charge is 2.59. The van der Waals surface area contributed by atoms with Crippen LogP contribution in [0.5, 0.6) is 0 Å². The summed E-state index contributed by atoms with van der Waals surface area (Å²) in [5.74, 6) is -0.852. The summed E-state index contributed by atoms with van der Waals surface area (Å²) in [6.45, 7) is 8.71. The second-order valence-electron chi connectivity index (χ2n) is 14.4. The van der Waals surface area contributed by atoms with Gasteiger partial charge in [-0.25, -0.2) is 19.2 Å². The van der Waals surface area contributed by atoms with Gasteiger partial charge in [-0.1, -0.05) is 20.6 Å². The molecule has 0 aromatic rings. The molecule has 2 atom stereocenters. The van der Waals surface area contributed by atoms with E-state index in [1.807, 2.05) is 0 Å². The van der Waals surface area contributed by atoms with Crippen LogP contribution in [-0.2, 0) is 33.4 Å². The van der Waals surface area contributed by atoms with E-state index in [1.54, 1.807) is 0 Å². The van der Waals surface area contributed by atoms with Crippen molar-refractivity contribution < 1.29 is 53.8 Å². The minimum absolute atomic E-state index is 0. The Morgan fingerprint density at radius 3 is 1.36 bits per heavy atom. The Labute approximate surface area is 259 Å². The van der Waals surface area contributed by atoms with E-state index < -0.39 is 52.9 Å². The highest BCUT2D eigenvalue weighted by Crippen LogP contribution is 2.59. The fraction of sp³-hybridized carbons (Fsp3) is 0.758. The molecular formula is C33H50O11. The van der Waals surface area contributed by atoms with E-state index in [2.05, 4.69) is 17.9 Å². The first kappa shape index (κ1) is 35.7. The van der Waals surface area contributed by atoms with Crippen molar-refractivity contribution in [3.63, 3.8) is 0 Å². The number of carbonyl (C=O) groups is 4. The molecule has 0 aromatic carbocycles. The largest absolute Gasteiger partial charge is 0.479 e. The molecule has 248 valence electrons. The Morgan fingerprint density at radius 1 is 0.659 bits per heavy atom. The number of hydrogen-bond acceptors (Lipinski definition) is 10.